The summed E-state index contributed by atoms with van der Waals surface area (Å²) in [5.41, 5.74) is 2.37. The van der Waals surface area contributed by atoms with Crippen LogP contribution in [-0.4, -0.2) is 23.1 Å². The van der Waals surface area contributed by atoms with Crippen LogP contribution in [0.3, 0.4) is 0 Å². The molecule has 0 saturated heterocycles. The van der Waals surface area contributed by atoms with Crippen LogP contribution in [0.2, 0.25) is 0 Å². The van der Waals surface area contributed by atoms with Crippen LogP contribution in [-0.2, 0) is 4.79 Å². The number of allylic oxidation sites excluding steroid dienone is 2. The Hall–Kier alpha value is -2.89. The van der Waals surface area contributed by atoms with E-state index in [4.69, 9.17) is 0 Å². The first kappa shape index (κ1) is 31.1. The molecular formula is C35H43F3O3. The van der Waals surface area contributed by atoms with E-state index in [0.29, 0.717) is 54.7 Å². The van der Waals surface area contributed by atoms with E-state index in [1.807, 2.05) is 0 Å². The number of carbonyl (C=O) groups excluding carboxylic acids is 2. The first-order valence-corrected chi connectivity index (χ1v) is 15.2. The fourth-order valence-electron chi connectivity index (χ4n) is 7.08. The van der Waals surface area contributed by atoms with Gasteiger partial charge in [-0.1, -0.05) is 69.0 Å². The summed E-state index contributed by atoms with van der Waals surface area (Å²) in [6.45, 7) is 6.03. The quantitative estimate of drug-likeness (QED) is 0.167. The monoisotopic (exact) mass is 568 g/mol. The normalized spacial score (nSPS) is 24.9. The highest BCUT2D eigenvalue weighted by molar-refractivity contribution is 6.00. The van der Waals surface area contributed by atoms with E-state index < -0.39 is 41.8 Å². The second-order valence-electron chi connectivity index (χ2n) is 12.5. The van der Waals surface area contributed by atoms with Gasteiger partial charge in [0.15, 0.2) is 5.78 Å². The van der Waals surface area contributed by atoms with Crippen molar-refractivity contribution in [3.8, 4) is 5.75 Å². The predicted octanol–water partition coefficient (Wildman–Crippen LogP) is 9.23. The minimum absolute atomic E-state index is 0.0363. The third-order valence-electron chi connectivity index (χ3n) is 9.30. The molecule has 2 aliphatic carbocycles. The third-order valence-corrected chi connectivity index (χ3v) is 9.30. The van der Waals surface area contributed by atoms with Crippen LogP contribution in [0.5, 0.6) is 5.75 Å². The molecule has 0 heterocycles. The summed E-state index contributed by atoms with van der Waals surface area (Å²) >= 11 is 0. The lowest BCUT2D eigenvalue weighted by molar-refractivity contribution is -0.130. The molecule has 0 bridgehead atoms. The highest BCUT2D eigenvalue weighted by Gasteiger charge is 2.47. The Morgan fingerprint density at radius 3 is 2.46 bits per heavy atom. The first-order valence-electron chi connectivity index (χ1n) is 15.2. The molecule has 2 aromatic carbocycles. The van der Waals surface area contributed by atoms with E-state index in [2.05, 4.69) is 19.9 Å². The number of phenols is 1. The molecule has 4 rings (SSSR count). The summed E-state index contributed by atoms with van der Waals surface area (Å²) < 4.78 is 43.0. The van der Waals surface area contributed by atoms with Crippen molar-refractivity contribution in [2.24, 2.45) is 29.6 Å². The van der Waals surface area contributed by atoms with Gasteiger partial charge < -0.3 is 5.11 Å². The molecule has 0 spiro atoms. The second-order valence-corrected chi connectivity index (χ2v) is 12.5. The zero-order chi connectivity index (χ0) is 29.7. The molecule has 4 unspecified atom stereocenters. The van der Waals surface area contributed by atoms with Crippen molar-refractivity contribution < 1.29 is 27.9 Å². The molecule has 0 aromatic heterocycles. The maximum absolute atomic E-state index is 15.0. The van der Waals surface area contributed by atoms with Gasteiger partial charge in [0.25, 0.3) is 0 Å². The van der Waals surface area contributed by atoms with E-state index in [0.717, 1.165) is 31.3 Å². The lowest BCUT2D eigenvalue weighted by atomic mass is 9.67. The number of carbonyl (C=O) groups is 2. The van der Waals surface area contributed by atoms with Gasteiger partial charge in [0.2, 0.25) is 6.43 Å². The van der Waals surface area contributed by atoms with Gasteiger partial charge in [-0.3, -0.25) is 9.59 Å². The standard InChI is InChI=1S/C35H43F3O3/c1-21(2)9-4-5-10-23-17-18-29(34(41)27-14-7-15-28(27)35(37)38)32(26-13-8-16-31(36)22(26)3)30(19-23)33(40)24-11-6-12-25(39)20-24/h6,8,11-13,16-17,20-21,27-30,32,35,39H,4-5,7,9-10,14-15,18-19H2,1-3H3/t27?,28?,29?,30-,32?/m1/s1. The minimum Gasteiger partial charge on any atom is -0.508 e. The van der Waals surface area contributed by atoms with Gasteiger partial charge in [-0.25, -0.2) is 13.2 Å². The predicted molar refractivity (Wildman–Crippen MR) is 156 cm³/mol. The van der Waals surface area contributed by atoms with Crippen molar-refractivity contribution in [1.29, 1.82) is 0 Å². The molecule has 41 heavy (non-hydrogen) atoms. The van der Waals surface area contributed by atoms with Crippen molar-refractivity contribution in [2.75, 3.05) is 0 Å². The molecule has 1 fully saturated rings. The number of rotatable bonds is 11. The van der Waals surface area contributed by atoms with Gasteiger partial charge in [0.1, 0.15) is 17.3 Å². The highest BCUT2D eigenvalue weighted by Crippen LogP contribution is 2.48. The van der Waals surface area contributed by atoms with Crippen molar-refractivity contribution in [3.63, 3.8) is 0 Å². The van der Waals surface area contributed by atoms with Crippen LogP contribution in [0.25, 0.3) is 0 Å². The summed E-state index contributed by atoms with van der Waals surface area (Å²) in [5.74, 6) is -4.16. The zero-order valence-corrected chi connectivity index (χ0v) is 24.4. The van der Waals surface area contributed by atoms with Crippen molar-refractivity contribution in [2.45, 2.75) is 90.9 Å². The number of unbranched alkanes of at least 4 members (excludes halogenated alkanes) is 1. The molecule has 2 aromatic rings. The molecule has 0 amide bonds. The van der Waals surface area contributed by atoms with Crippen molar-refractivity contribution >= 4 is 11.6 Å². The Kier molecular flexibility index (Phi) is 10.5. The summed E-state index contributed by atoms with van der Waals surface area (Å²) in [6.07, 6.45) is 5.41. The lowest BCUT2D eigenvalue weighted by Crippen LogP contribution is -2.37. The maximum Gasteiger partial charge on any atom is 0.242 e. The number of hydrogen-bond acceptors (Lipinski definition) is 3. The minimum atomic E-state index is -2.58. The van der Waals surface area contributed by atoms with Crippen LogP contribution in [0.15, 0.2) is 54.1 Å². The molecule has 1 saturated carbocycles. The van der Waals surface area contributed by atoms with Gasteiger partial charge in [-0.05, 0) is 80.7 Å². The number of Topliss-reactive ketones (excluding diaryl/α,β-unsaturated/α-hetero) is 2. The molecule has 5 atom stereocenters. The van der Waals surface area contributed by atoms with E-state index in [-0.39, 0.29) is 17.3 Å². The number of alkyl halides is 2. The van der Waals surface area contributed by atoms with Gasteiger partial charge in [0.05, 0.1) is 0 Å². The molecule has 0 radical (unpaired) electrons. The third kappa shape index (κ3) is 7.31. The Morgan fingerprint density at radius 1 is 1.00 bits per heavy atom. The Morgan fingerprint density at radius 2 is 1.76 bits per heavy atom. The molecule has 2 aliphatic rings. The van der Waals surface area contributed by atoms with Gasteiger partial charge >= 0.3 is 0 Å². The van der Waals surface area contributed by atoms with Crippen molar-refractivity contribution in [1.82, 2.24) is 0 Å². The van der Waals surface area contributed by atoms with Gasteiger partial charge in [-0.15, -0.1) is 0 Å². The average molecular weight is 569 g/mol. The number of phenolic OH excluding ortho intramolecular Hbond substituents is 1. The van der Waals surface area contributed by atoms with E-state index in [9.17, 15) is 27.9 Å². The zero-order valence-electron chi connectivity index (χ0n) is 24.4. The van der Waals surface area contributed by atoms with Crippen LogP contribution in [0, 0.1) is 42.3 Å². The Labute approximate surface area is 242 Å². The number of benzene rings is 2. The topological polar surface area (TPSA) is 54.4 Å². The van der Waals surface area contributed by atoms with Crippen LogP contribution >= 0.6 is 0 Å². The fourth-order valence-corrected chi connectivity index (χ4v) is 7.08. The van der Waals surface area contributed by atoms with E-state index in [1.165, 1.54) is 18.2 Å². The summed E-state index contributed by atoms with van der Waals surface area (Å²) in [7, 11) is 0. The SMILES string of the molecule is Cc1c(F)cccc1C1C(C(=O)C2CCCC2C(F)F)CC=C(CCCCC(C)C)C[C@H]1C(=O)c1cccc(O)c1. The summed E-state index contributed by atoms with van der Waals surface area (Å²) in [6, 6.07) is 10.9. The number of hydrogen-bond donors (Lipinski definition) is 1. The summed E-state index contributed by atoms with van der Waals surface area (Å²) in [4.78, 5) is 28.5. The Balaban J connectivity index is 1.80. The molecule has 3 nitrogen and oxygen atoms in total. The number of ketones is 2. The number of aromatic hydroxyl groups is 1. The molecular weight excluding hydrogens is 525 g/mol. The molecule has 1 N–H and O–H groups in total. The van der Waals surface area contributed by atoms with Crippen LogP contribution in [0.1, 0.15) is 99.0 Å². The molecule has 6 heteroatoms. The first-order chi connectivity index (χ1) is 19.6. The summed E-state index contributed by atoms with van der Waals surface area (Å²) in [5, 5.41) is 10.1. The smallest absolute Gasteiger partial charge is 0.242 e. The highest BCUT2D eigenvalue weighted by atomic mass is 19.3. The Bertz CT molecular complexity index is 1250. The van der Waals surface area contributed by atoms with Crippen LogP contribution < -0.4 is 0 Å². The van der Waals surface area contributed by atoms with E-state index >= 15 is 0 Å². The largest absolute Gasteiger partial charge is 0.508 e. The van der Waals surface area contributed by atoms with Gasteiger partial charge in [-0.2, -0.15) is 0 Å². The van der Waals surface area contributed by atoms with Gasteiger partial charge in [0, 0.05) is 35.2 Å². The lowest BCUT2D eigenvalue weighted by Gasteiger charge is -2.34. The average Bonchev–Trinajstić information content (AvgIpc) is 3.36. The molecule has 0 aliphatic heterocycles. The maximum atomic E-state index is 15.0. The second kappa shape index (κ2) is 13.8. The number of halogens is 3. The van der Waals surface area contributed by atoms with Crippen LogP contribution in [0.4, 0.5) is 13.2 Å². The van der Waals surface area contributed by atoms with E-state index in [1.54, 1.807) is 31.2 Å². The van der Waals surface area contributed by atoms with Crippen molar-refractivity contribution in [3.05, 3.63) is 76.6 Å². The fraction of sp³-hybridized carbons (Fsp3) is 0.543. The molecule has 222 valence electrons.